The van der Waals surface area contributed by atoms with E-state index < -0.39 is 18.6 Å². The van der Waals surface area contributed by atoms with Gasteiger partial charge in [0.2, 0.25) is 0 Å². The first-order valence-corrected chi connectivity index (χ1v) is 5.85. The quantitative estimate of drug-likeness (QED) is 0.856. The van der Waals surface area contributed by atoms with Gasteiger partial charge >= 0.3 is 6.18 Å². The highest BCUT2D eigenvalue weighted by Gasteiger charge is 2.28. The molecule has 2 rings (SSSR count). The molecule has 2 nitrogen and oxygen atoms in total. The van der Waals surface area contributed by atoms with Crippen LogP contribution in [0.4, 0.5) is 17.6 Å². The van der Waals surface area contributed by atoms with Crippen molar-refractivity contribution in [2.24, 2.45) is 0 Å². The zero-order valence-electron chi connectivity index (χ0n) is 10.1. The van der Waals surface area contributed by atoms with Crippen molar-refractivity contribution in [1.82, 2.24) is 5.32 Å². The Balaban J connectivity index is 2.11. The highest BCUT2D eigenvalue weighted by Crippen LogP contribution is 2.26. The second-order valence-electron chi connectivity index (χ2n) is 4.23. The predicted octanol–water partition coefficient (Wildman–Crippen LogP) is 3.14. The van der Waals surface area contributed by atoms with E-state index in [0.717, 1.165) is 18.2 Å². The molecule has 104 valence electrons. The van der Waals surface area contributed by atoms with Crippen molar-refractivity contribution in [1.29, 1.82) is 0 Å². The van der Waals surface area contributed by atoms with E-state index in [1.807, 2.05) is 6.08 Å². The van der Waals surface area contributed by atoms with Gasteiger partial charge in [0.05, 0.1) is 0 Å². The van der Waals surface area contributed by atoms with Gasteiger partial charge in [0.1, 0.15) is 11.6 Å². The zero-order chi connectivity index (χ0) is 13.9. The van der Waals surface area contributed by atoms with E-state index in [-0.39, 0.29) is 5.75 Å². The van der Waals surface area contributed by atoms with Gasteiger partial charge in [0, 0.05) is 18.2 Å². The van der Waals surface area contributed by atoms with Crippen LogP contribution in [-0.4, -0.2) is 25.9 Å². The maximum Gasteiger partial charge on any atom is 0.422 e. The molecular formula is C13H13F4NO. The number of rotatable bonds is 3. The van der Waals surface area contributed by atoms with E-state index in [4.69, 9.17) is 0 Å². The molecule has 0 atom stereocenters. The third kappa shape index (κ3) is 3.96. The molecule has 0 fully saturated rings. The van der Waals surface area contributed by atoms with Gasteiger partial charge in [-0.3, -0.25) is 0 Å². The second-order valence-corrected chi connectivity index (χ2v) is 4.23. The van der Waals surface area contributed by atoms with E-state index in [1.165, 1.54) is 12.1 Å². The third-order valence-electron chi connectivity index (χ3n) is 2.75. The Kier molecular flexibility index (Phi) is 4.09. The first-order valence-electron chi connectivity index (χ1n) is 5.85. The predicted molar refractivity (Wildman–Crippen MR) is 63.4 cm³/mol. The molecular weight excluding hydrogens is 262 g/mol. The van der Waals surface area contributed by atoms with Crippen molar-refractivity contribution in [2.75, 3.05) is 19.7 Å². The molecule has 6 heteroatoms. The average Bonchev–Trinajstić information content (AvgIpc) is 2.37. The van der Waals surface area contributed by atoms with Crippen LogP contribution in [0.2, 0.25) is 0 Å². The molecule has 0 spiro atoms. The number of hydrogen-bond acceptors (Lipinski definition) is 2. The minimum Gasteiger partial charge on any atom is -0.484 e. The molecule has 0 aromatic heterocycles. The average molecular weight is 275 g/mol. The smallest absolute Gasteiger partial charge is 0.422 e. The first kappa shape index (κ1) is 13.9. The lowest BCUT2D eigenvalue weighted by molar-refractivity contribution is -0.153. The summed E-state index contributed by atoms with van der Waals surface area (Å²) in [7, 11) is 0. The second kappa shape index (κ2) is 5.61. The molecule has 0 amide bonds. The van der Waals surface area contributed by atoms with Crippen molar-refractivity contribution >= 4 is 5.57 Å². The molecule has 1 aromatic rings. The van der Waals surface area contributed by atoms with E-state index in [1.54, 1.807) is 0 Å². The topological polar surface area (TPSA) is 21.3 Å². The maximum absolute atomic E-state index is 13.8. The highest BCUT2D eigenvalue weighted by atomic mass is 19.4. The summed E-state index contributed by atoms with van der Waals surface area (Å²) >= 11 is 0. The lowest BCUT2D eigenvalue weighted by atomic mass is 10.00. The normalized spacial score (nSPS) is 16.1. The number of nitrogens with one attached hydrogen (secondary N) is 1. The molecule has 0 saturated carbocycles. The Bertz CT molecular complexity index is 482. The summed E-state index contributed by atoms with van der Waals surface area (Å²) < 4.78 is 54.3. The molecule has 1 aliphatic rings. The Hall–Kier alpha value is -1.56. The fraction of sp³-hybridized carbons (Fsp3) is 0.385. The summed E-state index contributed by atoms with van der Waals surface area (Å²) in [6, 6.07) is 3.80. The van der Waals surface area contributed by atoms with Crippen LogP contribution < -0.4 is 10.1 Å². The van der Waals surface area contributed by atoms with Crippen LogP contribution in [0.5, 0.6) is 5.75 Å². The van der Waals surface area contributed by atoms with Crippen LogP contribution in [0, 0.1) is 5.82 Å². The number of halogens is 4. The Morgan fingerprint density at radius 1 is 1.26 bits per heavy atom. The largest absolute Gasteiger partial charge is 0.484 e. The Morgan fingerprint density at radius 3 is 2.63 bits per heavy atom. The van der Waals surface area contributed by atoms with Gasteiger partial charge in [-0.2, -0.15) is 13.2 Å². The van der Waals surface area contributed by atoms with E-state index >= 15 is 0 Å². The van der Waals surface area contributed by atoms with Crippen LogP contribution >= 0.6 is 0 Å². The summed E-state index contributed by atoms with van der Waals surface area (Å²) in [5.74, 6) is -0.680. The van der Waals surface area contributed by atoms with Crippen LogP contribution in [0.1, 0.15) is 12.0 Å². The molecule has 0 saturated heterocycles. The molecule has 0 bridgehead atoms. The van der Waals surface area contributed by atoms with Gasteiger partial charge in [-0.05, 0) is 30.7 Å². The first-order chi connectivity index (χ1) is 8.96. The summed E-state index contributed by atoms with van der Waals surface area (Å²) in [5.41, 5.74) is 1.28. The van der Waals surface area contributed by atoms with Crippen LogP contribution in [0.3, 0.4) is 0 Å². The number of ether oxygens (including phenoxy) is 1. The van der Waals surface area contributed by atoms with Crippen molar-refractivity contribution in [3.8, 4) is 5.75 Å². The summed E-state index contributed by atoms with van der Waals surface area (Å²) in [5, 5.41) is 3.10. The summed E-state index contributed by atoms with van der Waals surface area (Å²) in [6.45, 7) is 0.0110. The van der Waals surface area contributed by atoms with Crippen molar-refractivity contribution < 1.29 is 22.3 Å². The molecule has 19 heavy (non-hydrogen) atoms. The molecule has 0 radical (unpaired) electrons. The van der Waals surface area contributed by atoms with E-state index in [0.29, 0.717) is 18.5 Å². The monoisotopic (exact) mass is 275 g/mol. The Morgan fingerprint density at radius 2 is 2.05 bits per heavy atom. The summed E-state index contributed by atoms with van der Waals surface area (Å²) in [4.78, 5) is 0. The summed E-state index contributed by atoms with van der Waals surface area (Å²) in [6.07, 6.45) is -1.86. The zero-order valence-corrected chi connectivity index (χ0v) is 10.1. The lowest BCUT2D eigenvalue weighted by Crippen LogP contribution is -2.20. The van der Waals surface area contributed by atoms with Crippen molar-refractivity contribution in [2.45, 2.75) is 12.6 Å². The molecule has 0 unspecified atom stereocenters. The SMILES string of the molecule is Fc1cc(OCC(F)(F)F)ccc1C1=CCNCC1. The van der Waals surface area contributed by atoms with Gasteiger partial charge in [-0.1, -0.05) is 6.08 Å². The van der Waals surface area contributed by atoms with Crippen molar-refractivity contribution in [3.63, 3.8) is 0 Å². The highest BCUT2D eigenvalue weighted by molar-refractivity contribution is 5.67. The van der Waals surface area contributed by atoms with Gasteiger partial charge in [-0.25, -0.2) is 4.39 Å². The lowest BCUT2D eigenvalue weighted by Gasteiger charge is -2.15. The minimum absolute atomic E-state index is 0.117. The molecule has 1 heterocycles. The van der Waals surface area contributed by atoms with Gasteiger partial charge in [-0.15, -0.1) is 0 Å². The standard InChI is InChI=1S/C13H13F4NO/c14-12-7-10(19-8-13(15,16)17)1-2-11(12)9-3-5-18-6-4-9/h1-3,7,18H,4-6,8H2. The van der Waals surface area contributed by atoms with Gasteiger partial charge < -0.3 is 10.1 Å². The third-order valence-corrected chi connectivity index (χ3v) is 2.75. The number of alkyl halides is 3. The minimum atomic E-state index is -4.42. The molecule has 1 aromatic carbocycles. The van der Waals surface area contributed by atoms with Gasteiger partial charge in [0.25, 0.3) is 0 Å². The van der Waals surface area contributed by atoms with Crippen LogP contribution in [0.25, 0.3) is 5.57 Å². The van der Waals surface area contributed by atoms with E-state index in [9.17, 15) is 17.6 Å². The van der Waals surface area contributed by atoms with Crippen LogP contribution in [0.15, 0.2) is 24.3 Å². The van der Waals surface area contributed by atoms with Gasteiger partial charge in [0.15, 0.2) is 6.61 Å². The fourth-order valence-electron chi connectivity index (χ4n) is 1.88. The number of benzene rings is 1. The molecule has 1 N–H and O–H groups in total. The fourth-order valence-corrected chi connectivity index (χ4v) is 1.88. The molecule has 1 aliphatic heterocycles. The Labute approximate surface area is 108 Å². The van der Waals surface area contributed by atoms with Crippen molar-refractivity contribution in [3.05, 3.63) is 35.7 Å². The van der Waals surface area contributed by atoms with Crippen LogP contribution in [-0.2, 0) is 0 Å². The molecule has 0 aliphatic carbocycles. The van der Waals surface area contributed by atoms with E-state index in [2.05, 4.69) is 10.1 Å². The number of hydrogen-bond donors (Lipinski definition) is 1. The maximum atomic E-state index is 13.8.